The Kier molecular flexibility index (Phi) is 6.12. The van der Waals surface area contributed by atoms with Crippen LogP contribution in [0.1, 0.15) is 18.9 Å². The largest absolute Gasteiger partial charge is 0.573 e. The zero-order valence-corrected chi connectivity index (χ0v) is 18.3. The van der Waals surface area contributed by atoms with Crippen molar-refractivity contribution in [1.29, 1.82) is 0 Å². The second kappa shape index (κ2) is 8.76. The number of piperidine rings is 1. The highest BCUT2D eigenvalue weighted by Gasteiger charge is 2.34. The fraction of sp³-hybridized carbons (Fsp3) is 0.350. The maximum absolute atomic E-state index is 13.0. The summed E-state index contributed by atoms with van der Waals surface area (Å²) in [5.74, 6) is -1.84. The minimum atomic E-state index is -4.96. The number of aliphatic carboxylic acids is 1. The fourth-order valence-electron chi connectivity index (χ4n) is 4.05. The number of sulfonamides is 1. The molecular weight excluding hydrogens is 481 g/mol. The number of hydrogen-bond acceptors (Lipinski definition) is 6. The van der Waals surface area contributed by atoms with Gasteiger partial charge in [0.1, 0.15) is 12.3 Å². The number of hydrogen-bond donors (Lipinski definition) is 1. The van der Waals surface area contributed by atoms with E-state index >= 15 is 0 Å². The van der Waals surface area contributed by atoms with Crippen molar-refractivity contribution in [2.45, 2.75) is 36.7 Å². The van der Waals surface area contributed by atoms with Gasteiger partial charge in [-0.1, -0.05) is 6.07 Å². The van der Waals surface area contributed by atoms with Crippen LogP contribution in [0.15, 0.2) is 52.3 Å². The summed E-state index contributed by atoms with van der Waals surface area (Å²) in [5, 5.41) is 9.15. The molecule has 1 N–H and O–H groups in total. The number of aromatic nitrogens is 3. The molecule has 1 aliphatic rings. The molecule has 3 heterocycles. The van der Waals surface area contributed by atoms with Gasteiger partial charge in [0.2, 0.25) is 10.0 Å². The molecule has 1 fully saturated rings. The van der Waals surface area contributed by atoms with Crippen molar-refractivity contribution in [3.05, 3.63) is 53.1 Å². The van der Waals surface area contributed by atoms with Crippen molar-refractivity contribution >= 4 is 27.2 Å². The Morgan fingerprint density at radius 3 is 2.53 bits per heavy atom. The summed E-state index contributed by atoms with van der Waals surface area (Å²) in [6.45, 7) is -0.540. The van der Waals surface area contributed by atoms with Crippen molar-refractivity contribution in [2.75, 3.05) is 13.1 Å². The minimum Gasteiger partial charge on any atom is -0.480 e. The predicted octanol–water partition coefficient (Wildman–Crippen LogP) is 2.21. The lowest BCUT2D eigenvalue weighted by Gasteiger charge is -2.31. The van der Waals surface area contributed by atoms with E-state index < -0.39 is 46.4 Å². The molecule has 1 saturated heterocycles. The Morgan fingerprint density at radius 2 is 1.88 bits per heavy atom. The van der Waals surface area contributed by atoms with Crippen LogP contribution in [0.4, 0.5) is 13.2 Å². The molecule has 0 bridgehead atoms. The van der Waals surface area contributed by atoms with Gasteiger partial charge in [0.25, 0.3) is 0 Å². The highest BCUT2D eigenvalue weighted by atomic mass is 32.2. The third-order valence-corrected chi connectivity index (χ3v) is 7.38. The Hall–Kier alpha value is -3.39. The van der Waals surface area contributed by atoms with Crippen molar-refractivity contribution in [3.8, 4) is 5.75 Å². The van der Waals surface area contributed by atoms with Crippen LogP contribution in [-0.4, -0.2) is 57.4 Å². The van der Waals surface area contributed by atoms with Crippen LogP contribution in [0.3, 0.4) is 0 Å². The van der Waals surface area contributed by atoms with Gasteiger partial charge in [0.05, 0.1) is 10.4 Å². The number of halogens is 3. The normalized spacial score (nSPS) is 16.1. The summed E-state index contributed by atoms with van der Waals surface area (Å²) >= 11 is 0. The number of carboxylic acids is 1. The van der Waals surface area contributed by atoms with E-state index in [1.54, 1.807) is 12.1 Å². The summed E-state index contributed by atoms with van der Waals surface area (Å²) < 4.78 is 70.9. The first kappa shape index (κ1) is 23.8. The van der Waals surface area contributed by atoms with Gasteiger partial charge in [-0.05, 0) is 37.1 Å². The summed E-state index contributed by atoms with van der Waals surface area (Å²) in [4.78, 5) is 28.0. The molecule has 0 atom stereocenters. The smallest absolute Gasteiger partial charge is 0.480 e. The van der Waals surface area contributed by atoms with Gasteiger partial charge in [0.15, 0.2) is 5.65 Å². The number of rotatable bonds is 6. The van der Waals surface area contributed by atoms with Gasteiger partial charge < -0.3 is 9.84 Å². The Bertz CT molecular complexity index is 1390. The van der Waals surface area contributed by atoms with Gasteiger partial charge in [0, 0.05) is 31.4 Å². The Balaban J connectivity index is 1.57. The molecule has 182 valence electrons. The number of fused-ring (bicyclic) bond motifs is 1. The first-order valence-electron chi connectivity index (χ1n) is 10.1. The summed E-state index contributed by atoms with van der Waals surface area (Å²) in [5.41, 5.74) is 0.0906. The number of alkyl halides is 3. The van der Waals surface area contributed by atoms with E-state index in [0.29, 0.717) is 11.2 Å². The molecule has 0 amide bonds. The second-order valence-electron chi connectivity index (χ2n) is 7.64. The van der Waals surface area contributed by atoms with E-state index in [4.69, 9.17) is 5.11 Å². The number of ether oxygens (including phenoxy) is 1. The van der Waals surface area contributed by atoms with Crippen LogP contribution >= 0.6 is 0 Å². The van der Waals surface area contributed by atoms with Crippen LogP contribution in [0.2, 0.25) is 0 Å². The molecule has 4 rings (SSSR count). The first-order chi connectivity index (χ1) is 16.0. The highest BCUT2D eigenvalue weighted by molar-refractivity contribution is 7.89. The second-order valence-corrected chi connectivity index (χ2v) is 9.57. The molecule has 14 heteroatoms. The highest BCUT2D eigenvalue weighted by Crippen LogP contribution is 2.30. The molecule has 0 aliphatic carbocycles. The zero-order chi connectivity index (χ0) is 24.7. The molecule has 1 aliphatic heterocycles. The number of carboxylic acid groups (broad SMARTS) is 1. The zero-order valence-electron chi connectivity index (χ0n) is 17.5. The SMILES string of the molecule is O=C(O)Cn1c(=O)n(C2CCN(S(=O)(=O)c3cccc(OC(F)(F)F)c3)CC2)c2ncccc21. The van der Waals surface area contributed by atoms with Crippen LogP contribution in [-0.2, 0) is 21.4 Å². The van der Waals surface area contributed by atoms with Crippen molar-refractivity contribution in [1.82, 2.24) is 18.4 Å². The number of pyridine rings is 1. The van der Waals surface area contributed by atoms with E-state index in [9.17, 15) is 31.2 Å². The Labute approximate surface area is 190 Å². The number of imidazole rings is 1. The van der Waals surface area contributed by atoms with Crippen LogP contribution in [0, 0.1) is 0 Å². The van der Waals surface area contributed by atoms with Crippen molar-refractivity contribution in [2.24, 2.45) is 0 Å². The molecule has 3 aromatic rings. The minimum absolute atomic E-state index is 0.00222. The quantitative estimate of drug-likeness (QED) is 0.550. The molecule has 10 nitrogen and oxygen atoms in total. The molecule has 0 unspecified atom stereocenters. The van der Waals surface area contributed by atoms with Crippen LogP contribution in [0.5, 0.6) is 5.75 Å². The lowest BCUT2D eigenvalue weighted by Crippen LogP contribution is -2.41. The van der Waals surface area contributed by atoms with E-state index in [1.807, 2.05) is 0 Å². The third-order valence-electron chi connectivity index (χ3n) is 5.48. The summed E-state index contributed by atoms with van der Waals surface area (Å²) in [7, 11) is -4.11. The monoisotopic (exact) mass is 500 g/mol. The molecule has 1 aromatic carbocycles. The van der Waals surface area contributed by atoms with Crippen molar-refractivity contribution in [3.63, 3.8) is 0 Å². The van der Waals surface area contributed by atoms with E-state index in [2.05, 4.69) is 9.72 Å². The van der Waals surface area contributed by atoms with E-state index in [0.717, 1.165) is 27.1 Å². The maximum Gasteiger partial charge on any atom is 0.573 e. The van der Waals surface area contributed by atoms with E-state index in [1.165, 1.54) is 16.8 Å². The average molecular weight is 500 g/mol. The fourth-order valence-corrected chi connectivity index (χ4v) is 5.55. The number of carbonyl (C=O) groups is 1. The third kappa shape index (κ3) is 4.63. The van der Waals surface area contributed by atoms with Gasteiger partial charge in [-0.25, -0.2) is 18.2 Å². The molecule has 0 spiro atoms. The van der Waals surface area contributed by atoms with Crippen molar-refractivity contribution < 1.29 is 36.2 Å². The van der Waals surface area contributed by atoms with Crippen LogP contribution in [0.25, 0.3) is 11.2 Å². The summed E-state index contributed by atoms with van der Waals surface area (Å²) in [6.07, 6.45) is -3.04. The number of nitrogens with zero attached hydrogens (tertiary/aromatic N) is 4. The molecule has 0 saturated carbocycles. The van der Waals surface area contributed by atoms with E-state index in [-0.39, 0.29) is 30.8 Å². The maximum atomic E-state index is 13.0. The molecule has 34 heavy (non-hydrogen) atoms. The standard InChI is InChI=1S/C20H19F3N4O6S/c21-20(22,23)33-14-3-1-4-15(11-14)34(31,32)25-9-6-13(7-10-25)27-18-16(5-2-8-24-18)26(19(27)30)12-17(28)29/h1-5,8,11,13H,6-7,9-10,12H2,(H,28,29). The van der Waals surface area contributed by atoms with Gasteiger partial charge in [-0.2, -0.15) is 4.31 Å². The molecule has 2 aromatic heterocycles. The molecule has 0 radical (unpaired) electrons. The number of benzene rings is 1. The predicted molar refractivity (Wildman–Crippen MR) is 112 cm³/mol. The lowest BCUT2D eigenvalue weighted by atomic mass is 10.1. The van der Waals surface area contributed by atoms with Gasteiger partial charge in [-0.3, -0.25) is 13.9 Å². The average Bonchev–Trinajstić information content (AvgIpc) is 3.04. The molecular formula is C20H19F3N4O6S. The van der Waals surface area contributed by atoms with Gasteiger partial charge in [-0.15, -0.1) is 13.2 Å². The van der Waals surface area contributed by atoms with Crippen LogP contribution < -0.4 is 10.4 Å². The van der Waals surface area contributed by atoms with Gasteiger partial charge >= 0.3 is 18.0 Å². The Morgan fingerprint density at radius 1 is 1.18 bits per heavy atom. The topological polar surface area (TPSA) is 124 Å². The summed E-state index contributed by atoms with van der Waals surface area (Å²) in [6, 6.07) is 6.87. The lowest BCUT2D eigenvalue weighted by molar-refractivity contribution is -0.274. The first-order valence-corrected chi connectivity index (χ1v) is 11.5.